The van der Waals surface area contributed by atoms with Crippen LogP contribution in [0.4, 0.5) is 0 Å². The summed E-state index contributed by atoms with van der Waals surface area (Å²) in [4.78, 5) is 2.42. The zero-order chi connectivity index (χ0) is 12.8. The Labute approximate surface area is 110 Å². The fourth-order valence-corrected chi connectivity index (χ4v) is 3.44. The molecular formula is C16H24N2. The summed E-state index contributed by atoms with van der Waals surface area (Å²) in [7, 11) is 2.21. The van der Waals surface area contributed by atoms with Gasteiger partial charge in [0.05, 0.1) is 0 Å². The van der Waals surface area contributed by atoms with Crippen molar-refractivity contribution in [2.75, 3.05) is 20.1 Å². The van der Waals surface area contributed by atoms with Crippen LogP contribution in [0.5, 0.6) is 0 Å². The van der Waals surface area contributed by atoms with Gasteiger partial charge in [-0.2, -0.15) is 0 Å². The Morgan fingerprint density at radius 3 is 2.39 bits per heavy atom. The van der Waals surface area contributed by atoms with Gasteiger partial charge in [-0.25, -0.2) is 0 Å². The Hall–Kier alpha value is -0.860. The minimum atomic E-state index is 0.279. The third-order valence-electron chi connectivity index (χ3n) is 5.01. The quantitative estimate of drug-likeness (QED) is 0.885. The largest absolute Gasteiger partial charge is 0.327 e. The first-order chi connectivity index (χ1) is 8.62. The molecule has 2 nitrogen and oxygen atoms in total. The van der Waals surface area contributed by atoms with Crippen LogP contribution in [0.3, 0.4) is 0 Å². The molecule has 0 aromatic heterocycles. The number of benzene rings is 1. The predicted molar refractivity (Wildman–Crippen MR) is 75.9 cm³/mol. The normalized spacial score (nSPS) is 28.3. The molecule has 0 amide bonds. The Balaban J connectivity index is 1.77. The van der Waals surface area contributed by atoms with E-state index >= 15 is 0 Å². The van der Waals surface area contributed by atoms with Crippen LogP contribution >= 0.6 is 0 Å². The first kappa shape index (κ1) is 12.2. The highest BCUT2D eigenvalue weighted by molar-refractivity contribution is 5.36. The fraction of sp³-hybridized carbons (Fsp3) is 0.625. The van der Waals surface area contributed by atoms with E-state index in [4.69, 9.17) is 5.73 Å². The van der Waals surface area contributed by atoms with Gasteiger partial charge < -0.3 is 10.6 Å². The van der Waals surface area contributed by atoms with Gasteiger partial charge in [0.25, 0.3) is 0 Å². The monoisotopic (exact) mass is 244 g/mol. The topological polar surface area (TPSA) is 29.3 Å². The van der Waals surface area contributed by atoms with E-state index in [1.807, 2.05) is 0 Å². The summed E-state index contributed by atoms with van der Waals surface area (Å²) < 4.78 is 0. The van der Waals surface area contributed by atoms with Gasteiger partial charge in [-0.1, -0.05) is 24.3 Å². The molecule has 1 aromatic rings. The lowest BCUT2D eigenvalue weighted by Gasteiger charge is -2.21. The molecule has 3 rings (SSSR count). The number of nitrogens with two attached hydrogens (primary N) is 1. The highest BCUT2D eigenvalue weighted by Gasteiger charge is 2.47. The van der Waals surface area contributed by atoms with Crippen molar-refractivity contribution in [2.45, 2.75) is 43.6 Å². The van der Waals surface area contributed by atoms with Crippen LogP contribution in [0.1, 0.15) is 43.2 Å². The van der Waals surface area contributed by atoms with Crippen molar-refractivity contribution in [3.05, 3.63) is 35.4 Å². The van der Waals surface area contributed by atoms with Gasteiger partial charge >= 0.3 is 0 Å². The lowest BCUT2D eigenvalue weighted by atomic mass is 9.87. The number of likely N-dealkylation sites (tertiary alicyclic amines) is 1. The molecule has 1 saturated carbocycles. The van der Waals surface area contributed by atoms with Gasteiger partial charge in [0.1, 0.15) is 0 Å². The average Bonchev–Trinajstić information content (AvgIpc) is 3.07. The summed E-state index contributed by atoms with van der Waals surface area (Å²) in [5.41, 5.74) is 9.39. The molecule has 98 valence electrons. The summed E-state index contributed by atoms with van der Waals surface area (Å²) in [5.74, 6) is 0.731. The van der Waals surface area contributed by atoms with E-state index < -0.39 is 0 Å². The van der Waals surface area contributed by atoms with Gasteiger partial charge in [-0.15, -0.1) is 0 Å². The van der Waals surface area contributed by atoms with Crippen LogP contribution in [0.25, 0.3) is 0 Å². The molecule has 18 heavy (non-hydrogen) atoms. The van der Waals surface area contributed by atoms with E-state index in [1.165, 1.54) is 43.5 Å². The van der Waals surface area contributed by atoms with Crippen molar-refractivity contribution >= 4 is 0 Å². The number of rotatable bonds is 3. The molecule has 2 heteroatoms. The van der Waals surface area contributed by atoms with Crippen LogP contribution in [-0.2, 0) is 5.41 Å². The Morgan fingerprint density at radius 1 is 1.28 bits per heavy atom. The molecule has 1 saturated heterocycles. The highest BCUT2D eigenvalue weighted by Crippen LogP contribution is 2.50. The molecule has 1 aliphatic heterocycles. The molecule has 1 aliphatic carbocycles. The van der Waals surface area contributed by atoms with Crippen molar-refractivity contribution in [2.24, 2.45) is 5.73 Å². The number of nitrogens with zero attached hydrogens (tertiary/aromatic N) is 1. The van der Waals surface area contributed by atoms with E-state index in [0.717, 1.165) is 5.92 Å². The number of hydrogen-bond acceptors (Lipinski definition) is 2. The van der Waals surface area contributed by atoms with E-state index in [9.17, 15) is 0 Å². The summed E-state index contributed by atoms with van der Waals surface area (Å²) in [5, 5.41) is 0. The molecule has 0 spiro atoms. The maximum atomic E-state index is 6.14. The lowest BCUT2D eigenvalue weighted by Crippen LogP contribution is -2.31. The predicted octanol–water partition coefficient (Wildman–Crippen LogP) is 2.48. The van der Waals surface area contributed by atoms with Crippen LogP contribution in [0.2, 0.25) is 0 Å². The molecular weight excluding hydrogens is 220 g/mol. The molecule has 2 fully saturated rings. The zero-order valence-corrected chi connectivity index (χ0v) is 11.5. The van der Waals surface area contributed by atoms with Crippen LogP contribution in [0, 0.1) is 0 Å². The second-order valence-electron chi connectivity index (χ2n) is 6.31. The zero-order valence-electron chi connectivity index (χ0n) is 11.5. The standard InChI is InChI=1S/C16H24N2/c1-12(17)16(8-9-16)15-5-3-13(4-6-15)14-7-10-18(2)11-14/h3-6,12,14H,7-11,17H2,1-2H3. The molecule has 2 aliphatic rings. The second-order valence-corrected chi connectivity index (χ2v) is 6.31. The van der Waals surface area contributed by atoms with E-state index in [-0.39, 0.29) is 6.04 Å². The van der Waals surface area contributed by atoms with Crippen molar-refractivity contribution < 1.29 is 0 Å². The molecule has 0 radical (unpaired) electrons. The SMILES string of the molecule is CC(N)C1(c2ccc(C3CCN(C)C3)cc2)CC1. The summed E-state index contributed by atoms with van der Waals surface area (Å²) >= 11 is 0. The number of likely N-dealkylation sites (N-methyl/N-ethyl adjacent to an activating group) is 1. The molecule has 2 N–H and O–H groups in total. The first-order valence-electron chi connectivity index (χ1n) is 7.16. The lowest BCUT2D eigenvalue weighted by molar-refractivity contribution is 0.411. The summed E-state index contributed by atoms with van der Waals surface area (Å²) in [6.45, 7) is 4.58. The fourth-order valence-electron chi connectivity index (χ4n) is 3.44. The highest BCUT2D eigenvalue weighted by atomic mass is 15.1. The Bertz CT molecular complexity index is 417. The first-order valence-corrected chi connectivity index (χ1v) is 7.16. The summed E-state index contributed by atoms with van der Waals surface area (Å²) in [6, 6.07) is 9.60. The van der Waals surface area contributed by atoms with Crippen LogP contribution in [0.15, 0.2) is 24.3 Å². The molecule has 0 bridgehead atoms. The van der Waals surface area contributed by atoms with Gasteiger partial charge in [-0.05, 0) is 56.8 Å². The van der Waals surface area contributed by atoms with Crippen molar-refractivity contribution in [3.63, 3.8) is 0 Å². The van der Waals surface area contributed by atoms with Crippen molar-refractivity contribution in [3.8, 4) is 0 Å². The maximum absolute atomic E-state index is 6.14. The van der Waals surface area contributed by atoms with Gasteiger partial charge in [0.15, 0.2) is 0 Å². The van der Waals surface area contributed by atoms with Gasteiger partial charge in [-0.3, -0.25) is 0 Å². The van der Waals surface area contributed by atoms with Gasteiger partial charge in [0.2, 0.25) is 0 Å². The summed E-state index contributed by atoms with van der Waals surface area (Å²) in [6.07, 6.45) is 3.82. The maximum Gasteiger partial charge on any atom is 0.0108 e. The number of hydrogen-bond donors (Lipinski definition) is 1. The molecule has 2 atom stereocenters. The average molecular weight is 244 g/mol. The smallest absolute Gasteiger partial charge is 0.0108 e. The molecule has 2 unspecified atom stereocenters. The third kappa shape index (κ3) is 1.98. The van der Waals surface area contributed by atoms with E-state index in [0.29, 0.717) is 5.41 Å². The van der Waals surface area contributed by atoms with E-state index in [2.05, 4.69) is 43.1 Å². The van der Waals surface area contributed by atoms with E-state index in [1.54, 1.807) is 0 Å². The van der Waals surface area contributed by atoms with Crippen LogP contribution < -0.4 is 5.73 Å². The minimum Gasteiger partial charge on any atom is -0.327 e. The van der Waals surface area contributed by atoms with Crippen molar-refractivity contribution in [1.29, 1.82) is 0 Å². The van der Waals surface area contributed by atoms with Crippen LogP contribution in [-0.4, -0.2) is 31.1 Å². The molecule has 1 heterocycles. The van der Waals surface area contributed by atoms with Crippen molar-refractivity contribution in [1.82, 2.24) is 4.90 Å². The minimum absolute atomic E-state index is 0.279. The molecule has 1 aromatic carbocycles. The Morgan fingerprint density at radius 2 is 1.94 bits per heavy atom. The van der Waals surface area contributed by atoms with Gasteiger partial charge in [0, 0.05) is 18.0 Å². The Kier molecular flexibility index (Phi) is 2.95. The second kappa shape index (κ2) is 4.36. The third-order valence-corrected chi connectivity index (χ3v) is 5.01.